The Balaban J connectivity index is 0. The fraction of sp³-hybridized carbons (Fsp3) is 1.00. The van der Waals surface area contributed by atoms with Crippen molar-refractivity contribution in [3.05, 3.63) is 0 Å². The van der Waals surface area contributed by atoms with Crippen molar-refractivity contribution in [3.8, 4) is 0 Å². The largest absolute Gasteiger partial charge is 0.323 e. The van der Waals surface area contributed by atoms with Crippen LogP contribution in [0.1, 0.15) is 27.7 Å². The van der Waals surface area contributed by atoms with Gasteiger partial charge in [-0.3, -0.25) is 0 Å². The first kappa shape index (κ1) is 11.7. The van der Waals surface area contributed by atoms with Crippen molar-refractivity contribution in [2.45, 2.75) is 27.7 Å². The van der Waals surface area contributed by atoms with E-state index in [0.717, 1.165) is 11.8 Å². The van der Waals surface area contributed by atoms with Gasteiger partial charge < -0.3 is 5.32 Å². The van der Waals surface area contributed by atoms with Crippen LogP contribution in [0.2, 0.25) is 0 Å². The van der Waals surface area contributed by atoms with Crippen LogP contribution in [0.3, 0.4) is 0 Å². The lowest BCUT2D eigenvalue weighted by molar-refractivity contribution is 0.457. The molecular formula is C8H21N. The average Bonchev–Trinajstić information content (AvgIpc) is 1.68. The van der Waals surface area contributed by atoms with Crippen molar-refractivity contribution < 1.29 is 0 Å². The monoisotopic (exact) mass is 131 g/mol. The lowest BCUT2D eigenvalue weighted by Crippen LogP contribution is -1.95. The highest BCUT2D eigenvalue weighted by Gasteiger charge is 1.95. The van der Waals surface area contributed by atoms with Gasteiger partial charge in [0, 0.05) is 0 Å². The highest BCUT2D eigenvalue weighted by Crippen LogP contribution is 2.05. The summed E-state index contributed by atoms with van der Waals surface area (Å²) in [7, 11) is 3.75. The summed E-state index contributed by atoms with van der Waals surface area (Å²) in [6.45, 7) is 8.96. The van der Waals surface area contributed by atoms with Crippen molar-refractivity contribution in [1.82, 2.24) is 5.32 Å². The fourth-order valence-corrected chi connectivity index (χ4v) is 0. The molecular weight excluding hydrogens is 110 g/mol. The summed E-state index contributed by atoms with van der Waals surface area (Å²) in [5.41, 5.74) is 0. The van der Waals surface area contributed by atoms with E-state index in [1.54, 1.807) is 0 Å². The summed E-state index contributed by atoms with van der Waals surface area (Å²) in [6, 6.07) is 0. The van der Waals surface area contributed by atoms with E-state index in [0.29, 0.717) is 0 Å². The van der Waals surface area contributed by atoms with Crippen LogP contribution in [-0.4, -0.2) is 14.1 Å². The first-order valence-corrected chi connectivity index (χ1v) is 3.64. The minimum absolute atomic E-state index is 0.852. The van der Waals surface area contributed by atoms with Crippen molar-refractivity contribution in [2.75, 3.05) is 14.1 Å². The van der Waals surface area contributed by atoms with Gasteiger partial charge in [-0.25, -0.2) is 0 Å². The smallest absolute Gasteiger partial charge is 0.0167 e. The molecule has 0 saturated carbocycles. The molecule has 0 aromatic heterocycles. The van der Waals surface area contributed by atoms with E-state index in [4.69, 9.17) is 0 Å². The molecule has 0 bridgehead atoms. The summed E-state index contributed by atoms with van der Waals surface area (Å²) in [5, 5.41) is 2.75. The van der Waals surface area contributed by atoms with E-state index in [-0.39, 0.29) is 0 Å². The predicted octanol–water partition coefficient (Wildman–Crippen LogP) is 2.13. The number of hydrogen-bond acceptors (Lipinski definition) is 1. The van der Waals surface area contributed by atoms with Crippen LogP contribution in [0.5, 0.6) is 0 Å². The van der Waals surface area contributed by atoms with E-state index in [1.807, 2.05) is 14.1 Å². The van der Waals surface area contributed by atoms with Crippen molar-refractivity contribution in [3.63, 3.8) is 0 Å². The van der Waals surface area contributed by atoms with Gasteiger partial charge in [0.1, 0.15) is 0 Å². The normalized spacial score (nSPS) is 9.33. The topological polar surface area (TPSA) is 12.0 Å². The average molecular weight is 131 g/mol. The molecule has 0 radical (unpaired) electrons. The Bertz CT molecular complexity index is 33.8. The quantitative estimate of drug-likeness (QED) is 0.575. The van der Waals surface area contributed by atoms with Crippen LogP contribution in [0, 0.1) is 11.8 Å². The Morgan fingerprint density at radius 3 is 0.889 bits per heavy atom. The first-order valence-electron chi connectivity index (χ1n) is 3.64. The van der Waals surface area contributed by atoms with Gasteiger partial charge in [0.05, 0.1) is 0 Å². The van der Waals surface area contributed by atoms with E-state index < -0.39 is 0 Å². The minimum Gasteiger partial charge on any atom is -0.323 e. The summed E-state index contributed by atoms with van der Waals surface area (Å²) in [6.07, 6.45) is 0. The van der Waals surface area contributed by atoms with Crippen molar-refractivity contribution in [2.24, 2.45) is 11.8 Å². The van der Waals surface area contributed by atoms with Gasteiger partial charge in [-0.15, -0.1) is 0 Å². The molecule has 0 atom stereocenters. The van der Waals surface area contributed by atoms with Crippen molar-refractivity contribution in [1.29, 1.82) is 0 Å². The molecule has 0 aromatic carbocycles. The summed E-state index contributed by atoms with van der Waals surface area (Å²) < 4.78 is 0. The Kier molecular flexibility index (Phi) is 10.4. The van der Waals surface area contributed by atoms with Crippen LogP contribution >= 0.6 is 0 Å². The van der Waals surface area contributed by atoms with Crippen molar-refractivity contribution >= 4 is 0 Å². The molecule has 1 heteroatoms. The van der Waals surface area contributed by atoms with Gasteiger partial charge in [0.25, 0.3) is 0 Å². The molecule has 0 amide bonds. The van der Waals surface area contributed by atoms with Crippen LogP contribution < -0.4 is 5.32 Å². The molecule has 0 spiro atoms. The lowest BCUT2D eigenvalue weighted by Gasteiger charge is -2.05. The van der Waals surface area contributed by atoms with E-state index in [9.17, 15) is 0 Å². The second-order valence-electron chi connectivity index (χ2n) is 2.99. The Morgan fingerprint density at radius 1 is 0.778 bits per heavy atom. The minimum atomic E-state index is 0.852. The van der Waals surface area contributed by atoms with Gasteiger partial charge in [-0.05, 0) is 25.9 Å². The van der Waals surface area contributed by atoms with Gasteiger partial charge in [-0.1, -0.05) is 27.7 Å². The van der Waals surface area contributed by atoms with Crippen LogP contribution in [-0.2, 0) is 0 Å². The number of hydrogen-bond donors (Lipinski definition) is 1. The number of rotatable bonds is 1. The maximum absolute atomic E-state index is 2.75. The Morgan fingerprint density at radius 2 is 0.889 bits per heavy atom. The molecule has 9 heavy (non-hydrogen) atoms. The highest BCUT2D eigenvalue weighted by molar-refractivity contribution is 4.46. The maximum Gasteiger partial charge on any atom is -0.0167 e. The van der Waals surface area contributed by atoms with E-state index in [2.05, 4.69) is 33.0 Å². The first-order chi connectivity index (χ1) is 4.06. The van der Waals surface area contributed by atoms with Crippen LogP contribution in [0.4, 0.5) is 0 Å². The third-order valence-corrected chi connectivity index (χ3v) is 1.33. The third-order valence-electron chi connectivity index (χ3n) is 1.33. The Hall–Kier alpha value is -0.0400. The van der Waals surface area contributed by atoms with Gasteiger partial charge >= 0.3 is 0 Å². The maximum atomic E-state index is 2.75. The Labute approximate surface area is 59.8 Å². The van der Waals surface area contributed by atoms with Gasteiger partial charge in [-0.2, -0.15) is 0 Å². The standard InChI is InChI=1S/C6H14.C2H7N/c1-5(2)6(3)4;1-3-2/h5-6H,1-4H3;3H,1-2H3. The molecule has 0 aliphatic rings. The highest BCUT2D eigenvalue weighted by atomic mass is 14.7. The molecule has 0 aliphatic heterocycles. The molecule has 1 N–H and O–H groups in total. The fourth-order valence-electron chi connectivity index (χ4n) is 0. The molecule has 1 nitrogen and oxygen atoms in total. The zero-order valence-corrected chi connectivity index (χ0v) is 7.65. The van der Waals surface area contributed by atoms with Gasteiger partial charge in [0.15, 0.2) is 0 Å². The molecule has 58 valence electrons. The summed E-state index contributed by atoms with van der Waals surface area (Å²) >= 11 is 0. The lowest BCUT2D eigenvalue weighted by atomic mass is 10.0. The molecule has 0 rings (SSSR count). The van der Waals surface area contributed by atoms with Crippen LogP contribution in [0.25, 0.3) is 0 Å². The second kappa shape index (κ2) is 7.96. The zero-order valence-electron chi connectivity index (χ0n) is 7.65. The van der Waals surface area contributed by atoms with Gasteiger partial charge in [0.2, 0.25) is 0 Å². The third kappa shape index (κ3) is 18.0. The molecule has 0 unspecified atom stereocenters. The molecule has 0 fully saturated rings. The summed E-state index contributed by atoms with van der Waals surface area (Å²) in [5.74, 6) is 1.70. The second-order valence-corrected chi connectivity index (χ2v) is 2.99. The summed E-state index contributed by atoms with van der Waals surface area (Å²) in [4.78, 5) is 0. The molecule has 0 saturated heterocycles. The molecule has 0 aliphatic carbocycles. The zero-order chi connectivity index (χ0) is 7.86. The van der Waals surface area contributed by atoms with E-state index in [1.165, 1.54) is 0 Å². The van der Waals surface area contributed by atoms with E-state index >= 15 is 0 Å². The SMILES string of the molecule is CC(C)C(C)C.CNC. The molecule has 0 aromatic rings. The number of nitrogens with one attached hydrogen (secondary N) is 1. The predicted molar refractivity (Wildman–Crippen MR) is 44.7 cm³/mol. The van der Waals surface area contributed by atoms with Crippen LogP contribution in [0.15, 0.2) is 0 Å². The molecule has 0 heterocycles.